The van der Waals surface area contributed by atoms with E-state index < -0.39 is 0 Å². The summed E-state index contributed by atoms with van der Waals surface area (Å²) in [6.45, 7) is 3.52. The Balaban J connectivity index is 1.78. The van der Waals surface area contributed by atoms with Crippen molar-refractivity contribution in [2.24, 2.45) is 5.92 Å². The number of fused-ring (bicyclic) bond motifs is 1. The second-order valence-electron chi connectivity index (χ2n) is 5.60. The molecular weight excluding hydrogens is 318 g/mol. The van der Waals surface area contributed by atoms with Crippen LogP contribution in [-0.4, -0.2) is 51.8 Å². The number of piperidine rings is 1. The average Bonchev–Trinajstić information content (AvgIpc) is 3.04. The maximum Gasteiger partial charge on any atom is 0.310 e. The van der Waals surface area contributed by atoms with E-state index in [2.05, 4.69) is 4.98 Å². The number of carbonyl (C=O) groups is 2. The summed E-state index contributed by atoms with van der Waals surface area (Å²) in [4.78, 5) is 42.7. The maximum absolute atomic E-state index is 12.7. The predicted octanol–water partition coefficient (Wildman–Crippen LogP) is 0.764. The Bertz CT molecular complexity index is 688. The Morgan fingerprint density at radius 3 is 3.04 bits per heavy atom. The largest absolute Gasteiger partial charge is 0.466 e. The van der Waals surface area contributed by atoms with Crippen molar-refractivity contribution >= 4 is 23.6 Å². The van der Waals surface area contributed by atoms with E-state index in [0.29, 0.717) is 37.8 Å². The third-order valence-corrected chi connectivity index (χ3v) is 5.09. The first-order chi connectivity index (χ1) is 11.1. The number of rotatable bonds is 3. The van der Waals surface area contributed by atoms with Crippen LogP contribution in [0.1, 0.15) is 30.1 Å². The fourth-order valence-corrected chi connectivity index (χ4v) is 3.86. The van der Waals surface area contributed by atoms with Crippen molar-refractivity contribution < 1.29 is 14.3 Å². The monoisotopic (exact) mass is 337 g/mol. The molecule has 2 aliphatic rings. The summed E-state index contributed by atoms with van der Waals surface area (Å²) in [6.07, 6.45) is 2.80. The second-order valence-corrected chi connectivity index (χ2v) is 6.66. The maximum atomic E-state index is 12.7. The van der Waals surface area contributed by atoms with E-state index in [-0.39, 0.29) is 28.9 Å². The molecule has 0 aliphatic carbocycles. The van der Waals surface area contributed by atoms with E-state index in [1.54, 1.807) is 16.4 Å². The topological polar surface area (TPSA) is 81.5 Å². The van der Waals surface area contributed by atoms with Gasteiger partial charge < -0.3 is 9.64 Å². The van der Waals surface area contributed by atoms with Gasteiger partial charge in [-0.15, -0.1) is 0 Å². The molecule has 1 atom stereocenters. The first kappa shape index (κ1) is 16.0. The summed E-state index contributed by atoms with van der Waals surface area (Å²) >= 11 is 1.51. The van der Waals surface area contributed by atoms with Crippen LogP contribution < -0.4 is 5.56 Å². The number of amides is 1. The number of hydrogen-bond donors (Lipinski definition) is 0. The molecule has 3 rings (SSSR count). The van der Waals surface area contributed by atoms with Gasteiger partial charge in [-0.25, -0.2) is 4.98 Å². The highest BCUT2D eigenvalue weighted by Gasteiger charge is 2.31. The number of thioether (sulfide) groups is 1. The van der Waals surface area contributed by atoms with Gasteiger partial charge in [0.2, 0.25) is 0 Å². The van der Waals surface area contributed by atoms with Crippen molar-refractivity contribution in [2.75, 3.05) is 25.4 Å². The van der Waals surface area contributed by atoms with E-state index in [1.165, 1.54) is 18.0 Å². The highest BCUT2D eigenvalue weighted by atomic mass is 32.2. The van der Waals surface area contributed by atoms with Crippen molar-refractivity contribution in [2.45, 2.75) is 31.5 Å². The van der Waals surface area contributed by atoms with Crippen LogP contribution in [0.25, 0.3) is 0 Å². The molecule has 0 saturated carbocycles. The van der Waals surface area contributed by atoms with Gasteiger partial charge in [0.25, 0.3) is 11.5 Å². The van der Waals surface area contributed by atoms with Crippen LogP contribution in [0.3, 0.4) is 0 Å². The normalized spacial score (nSPS) is 20.2. The smallest absolute Gasteiger partial charge is 0.310 e. The van der Waals surface area contributed by atoms with Crippen LogP contribution in [0, 0.1) is 5.92 Å². The number of ether oxygens (including phenoxy) is 1. The molecule has 0 spiro atoms. The lowest BCUT2D eigenvalue weighted by molar-refractivity contribution is -0.149. The van der Waals surface area contributed by atoms with Crippen LogP contribution in [0.5, 0.6) is 0 Å². The summed E-state index contributed by atoms with van der Waals surface area (Å²) in [5.41, 5.74) is -0.205. The van der Waals surface area contributed by atoms with Crippen molar-refractivity contribution in [3.8, 4) is 0 Å². The molecule has 3 heterocycles. The van der Waals surface area contributed by atoms with Crippen LogP contribution in [0.15, 0.2) is 16.1 Å². The minimum atomic E-state index is -0.344. The molecule has 1 aromatic rings. The van der Waals surface area contributed by atoms with Crippen molar-refractivity contribution in [3.63, 3.8) is 0 Å². The summed E-state index contributed by atoms with van der Waals surface area (Å²) in [6, 6.07) is 0. The molecule has 1 saturated heterocycles. The highest BCUT2D eigenvalue weighted by Crippen LogP contribution is 2.22. The van der Waals surface area contributed by atoms with Crippen molar-refractivity contribution in [3.05, 3.63) is 22.1 Å². The van der Waals surface area contributed by atoms with Crippen LogP contribution in [-0.2, 0) is 16.1 Å². The van der Waals surface area contributed by atoms with Crippen molar-refractivity contribution in [1.82, 2.24) is 14.5 Å². The number of esters is 1. The summed E-state index contributed by atoms with van der Waals surface area (Å²) in [7, 11) is 0. The fraction of sp³-hybridized carbons (Fsp3) is 0.600. The molecule has 23 heavy (non-hydrogen) atoms. The Morgan fingerprint density at radius 2 is 2.26 bits per heavy atom. The first-order valence-electron chi connectivity index (χ1n) is 7.80. The Hall–Kier alpha value is -1.83. The Labute approximate surface area is 138 Å². The van der Waals surface area contributed by atoms with Crippen LogP contribution >= 0.6 is 11.8 Å². The van der Waals surface area contributed by atoms with E-state index in [0.717, 1.165) is 12.2 Å². The highest BCUT2D eigenvalue weighted by molar-refractivity contribution is 7.99. The molecule has 1 fully saturated rings. The van der Waals surface area contributed by atoms with Crippen LogP contribution in [0.4, 0.5) is 0 Å². The zero-order chi connectivity index (χ0) is 16.4. The molecule has 124 valence electrons. The SMILES string of the molecule is CCOC(=O)[C@@H]1CCCN(C(=O)c2cnc3n(c2=O)CCS3)C1. The molecule has 0 unspecified atom stereocenters. The lowest BCUT2D eigenvalue weighted by atomic mass is 9.97. The first-order valence-corrected chi connectivity index (χ1v) is 8.79. The lowest BCUT2D eigenvalue weighted by Crippen LogP contribution is -2.44. The van der Waals surface area contributed by atoms with Crippen molar-refractivity contribution in [1.29, 1.82) is 0 Å². The minimum absolute atomic E-state index is 0.0840. The van der Waals surface area contributed by atoms with Gasteiger partial charge in [0.15, 0.2) is 5.16 Å². The number of aromatic nitrogens is 2. The van der Waals surface area contributed by atoms with E-state index in [9.17, 15) is 14.4 Å². The summed E-state index contributed by atoms with van der Waals surface area (Å²) < 4.78 is 6.59. The Kier molecular flexibility index (Phi) is 4.70. The molecule has 2 aliphatic heterocycles. The molecule has 0 aromatic carbocycles. The molecule has 8 heteroatoms. The average molecular weight is 337 g/mol. The van der Waals surface area contributed by atoms with Gasteiger partial charge in [-0.3, -0.25) is 19.0 Å². The van der Waals surface area contributed by atoms with Gasteiger partial charge in [0.1, 0.15) is 5.56 Å². The third-order valence-electron chi connectivity index (χ3n) is 4.12. The van der Waals surface area contributed by atoms with Gasteiger partial charge in [0, 0.05) is 31.6 Å². The summed E-state index contributed by atoms with van der Waals surface area (Å²) in [5, 5.41) is 0.662. The second kappa shape index (κ2) is 6.74. The Morgan fingerprint density at radius 1 is 1.43 bits per heavy atom. The molecule has 7 nitrogen and oxygen atoms in total. The van der Waals surface area contributed by atoms with Crippen LogP contribution in [0.2, 0.25) is 0 Å². The third kappa shape index (κ3) is 3.12. The number of hydrogen-bond acceptors (Lipinski definition) is 6. The number of likely N-dealkylation sites (tertiary alicyclic amines) is 1. The number of nitrogens with zero attached hydrogens (tertiary/aromatic N) is 3. The molecule has 0 radical (unpaired) electrons. The van der Waals surface area contributed by atoms with Gasteiger partial charge in [-0.2, -0.15) is 0 Å². The molecule has 0 N–H and O–H groups in total. The molecule has 1 aromatic heterocycles. The predicted molar refractivity (Wildman–Crippen MR) is 84.5 cm³/mol. The molecular formula is C15H19N3O4S. The number of carbonyl (C=O) groups excluding carboxylic acids is 2. The molecule has 1 amide bonds. The van der Waals surface area contributed by atoms with E-state index >= 15 is 0 Å². The molecule has 0 bridgehead atoms. The van der Waals surface area contributed by atoms with Gasteiger partial charge >= 0.3 is 5.97 Å². The van der Waals surface area contributed by atoms with Gasteiger partial charge in [0.05, 0.1) is 12.5 Å². The quantitative estimate of drug-likeness (QED) is 0.598. The lowest BCUT2D eigenvalue weighted by Gasteiger charge is -2.31. The fourth-order valence-electron chi connectivity index (χ4n) is 2.95. The zero-order valence-corrected chi connectivity index (χ0v) is 13.8. The van der Waals surface area contributed by atoms with Gasteiger partial charge in [-0.05, 0) is 19.8 Å². The summed E-state index contributed by atoms with van der Waals surface area (Å²) in [5.74, 6) is -0.128. The van der Waals surface area contributed by atoms with Gasteiger partial charge in [-0.1, -0.05) is 11.8 Å². The zero-order valence-electron chi connectivity index (χ0n) is 13.0. The standard InChI is InChI=1S/C15H19N3O4S/c1-2-22-14(21)10-4-3-5-17(9-10)12(19)11-8-16-15-18(13(11)20)6-7-23-15/h8,10H,2-7,9H2,1H3/t10-/m1/s1. The minimum Gasteiger partial charge on any atom is -0.466 e. The van der Waals surface area contributed by atoms with E-state index in [4.69, 9.17) is 4.74 Å². The van der Waals surface area contributed by atoms with E-state index in [1.807, 2.05) is 0 Å².